The number of carbonyl (C=O) groups excluding carboxylic acids is 2. The highest BCUT2D eigenvalue weighted by atomic mass is 16.5. The van der Waals surface area contributed by atoms with Crippen LogP contribution in [0.15, 0.2) is 24.3 Å². The summed E-state index contributed by atoms with van der Waals surface area (Å²) >= 11 is 0. The van der Waals surface area contributed by atoms with E-state index in [1.54, 1.807) is 24.3 Å². The van der Waals surface area contributed by atoms with Crippen LogP contribution < -0.4 is 0 Å². The van der Waals surface area contributed by atoms with E-state index in [1.807, 2.05) is 0 Å². The quantitative estimate of drug-likeness (QED) is 0.303. The smallest absolute Gasteiger partial charge is 0.338 e. The highest BCUT2D eigenvalue weighted by Crippen LogP contribution is 2.10. The first-order valence-corrected chi connectivity index (χ1v) is 8.50. The Kier molecular flexibility index (Phi) is 10.0. The lowest BCUT2D eigenvalue weighted by molar-refractivity contribution is 0.0497. The molecule has 0 saturated heterocycles. The minimum absolute atomic E-state index is 0.308. The summed E-state index contributed by atoms with van der Waals surface area (Å²) in [6, 6.07) is 6.51. The van der Waals surface area contributed by atoms with E-state index >= 15 is 0 Å². The largest absolute Gasteiger partial charge is 0.462 e. The van der Waals surface area contributed by atoms with Crippen molar-refractivity contribution in [2.45, 2.75) is 64.7 Å². The molecule has 1 aromatic carbocycles. The third-order valence-corrected chi connectivity index (χ3v) is 3.76. The number of benzene rings is 1. The Balaban J connectivity index is 2.01. The predicted octanol–water partition coefficient (Wildman–Crippen LogP) is 5.19. The summed E-state index contributed by atoms with van der Waals surface area (Å²) < 4.78 is 5.23. The molecule has 0 amide bonds. The fourth-order valence-electron chi connectivity index (χ4n) is 2.36. The molecule has 0 radical (unpaired) electrons. The van der Waals surface area contributed by atoms with E-state index < -0.39 is 0 Å². The third-order valence-electron chi connectivity index (χ3n) is 3.76. The molecule has 0 aromatic heterocycles. The molecule has 22 heavy (non-hydrogen) atoms. The second kappa shape index (κ2) is 12.0. The molecule has 0 aliphatic heterocycles. The van der Waals surface area contributed by atoms with Crippen molar-refractivity contribution in [2.24, 2.45) is 0 Å². The van der Waals surface area contributed by atoms with Crippen LogP contribution in [0.4, 0.5) is 0 Å². The molecule has 0 fully saturated rings. The molecule has 0 spiro atoms. The molecule has 3 heteroatoms. The first-order chi connectivity index (χ1) is 10.8. The molecule has 0 atom stereocenters. The normalized spacial score (nSPS) is 10.4. The zero-order valence-electron chi connectivity index (χ0n) is 13.7. The van der Waals surface area contributed by atoms with E-state index in [1.165, 1.54) is 44.9 Å². The van der Waals surface area contributed by atoms with Gasteiger partial charge >= 0.3 is 5.97 Å². The number of esters is 1. The summed E-state index contributed by atoms with van der Waals surface area (Å²) in [5.41, 5.74) is 1.07. The number of aldehydes is 1. The summed E-state index contributed by atoms with van der Waals surface area (Å²) in [5, 5.41) is 0. The van der Waals surface area contributed by atoms with Crippen LogP contribution in [-0.4, -0.2) is 18.9 Å². The van der Waals surface area contributed by atoms with Crippen LogP contribution in [-0.2, 0) is 4.74 Å². The van der Waals surface area contributed by atoms with Crippen LogP contribution >= 0.6 is 0 Å². The Hall–Kier alpha value is -1.64. The molecule has 0 bridgehead atoms. The van der Waals surface area contributed by atoms with E-state index in [-0.39, 0.29) is 5.97 Å². The molecule has 1 rings (SSSR count). The molecule has 0 aliphatic carbocycles. The summed E-state index contributed by atoms with van der Waals surface area (Å²) in [4.78, 5) is 22.3. The molecule has 0 N–H and O–H groups in total. The van der Waals surface area contributed by atoms with E-state index in [9.17, 15) is 9.59 Å². The van der Waals surface area contributed by atoms with Gasteiger partial charge in [-0.2, -0.15) is 0 Å². The van der Waals surface area contributed by atoms with Crippen molar-refractivity contribution < 1.29 is 14.3 Å². The summed E-state index contributed by atoms with van der Waals surface area (Å²) in [6.07, 6.45) is 12.0. The fraction of sp³-hybridized carbons (Fsp3) is 0.579. The van der Waals surface area contributed by atoms with E-state index in [2.05, 4.69) is 6.92 Å². The van der Waals surface area contributed by atoms with Crippen molar-refractivity contribution in [3.05, 3.63) is 35.4 Å². The Labute approximate surface area is 134 Å². The van der Waals surface area contributed by atoms with Crippen molar-refractivity contribution in [1.82, 2.24) is 0 Å². The van der Waals surface area contributed by atoms with Crippen molar-refractivity contribution in [2.75, 3.05) is 6.61 Å². The molecule has 0 saturated carbocycles. The highest BCUT2D eigenvalue weighted by Gasteiger charge is 2.06. The highest BCUT2D eigenvalue weighted by molar-refractivity contribution is 5.90. The first kappa shape index (κ1) is 18.4. The van der Waals surface area contributed by atoms with Crippen molar-refractivity contribution in [3.8, 4) is 0 Å². The Morgan fingerprint density at radius 1 is 0.909 bits per heavy atom. The fourth-order valence-corrected chi connectivity index (χ4v) is 2.36. The molecule has 0 heterocycles. The number of ether oxygens (including phenoxy) is 1. The van der Waals surface area contributed by atoms with Gasteiger partial charge in [-0.1, -0.05) is 70.4 Å². The lowest BCUT2D eigenvalue weighted by atomic mass is 10.1. The van der Waals surface area contributed by atoms with Gasteiger partial charge in [-0.3, -0.25) is 4.79 Å². The molecule has 1 aromatic rings. The van der Waals surface area contributed by atoms with Gasteiger partial charge in [0.05, 0.1) is 12.2 Å². The van der Waals surface area contributed by atoms with Gasteiger partial charge < -0.3 is 4.74 Å². The van der Waals surface area contributed by atoms with Crippen molar-refractivity contribution >= 4 is 12.3 Å². The zero-order chi connectivity index (χ0) is 16.0. The molecule has 0 aliphatic rings. The number of unbranched alkanes of at least 4 members (excludes halogenated alkanes) is 8. The Bertz CT molecular complexity index is 423. The van der Waals surface area contributed by atoms with Crippen LogP contribution in [0.3, 0.4) is 0 Å². The van der Waals surface area contributed by atoms with Crippen LogP contribution in [0.2, 0.25) is 0 Å². The van der Waals surface area contributed by atoms with Gasteiger partial charge in [-0.05, 0) is 18.6 Å². The van der Waals surface area contributed by atoms with Gasteiger partial charge in [0.15, 0.2) is 0 Å². The zero-order valence-corrected chi connectivity index (χ0v) is 13.7. The summed E-state index contributed by atoms with van der Waals surface area (Å²) in [6.45, 7) is 2.71. The van der Waals surface area contributed by atoms with Gasteiger partial charge in [0.2, 0.25) is 0 Å². The average Bonchev–Trinajstić information content (AvgIpc) is 2.56. The lowest BCUT2D eigenvalue weighted by Crippen LogP contribution is -2.06. The predicted molar refractivity (Wildman–Crippen MR) is 89.3 cm³/mol. The summed E-state index contributed by atoms with van der Waals surface area (Å²) in [7, 11) is 0. The van der Waals surface area contributed by atoms with Crippen molar-refractivity contribution in [3.63, 3.8) is 0 Å². The number of rotatable bonds is 12. The average molecular weight is 304 g/mol. The number of carbonyl (C=O) groups is 2. The van der Waals surface area contributed by atoms with Crippen LogP contribution in [0.5, 0.6) is 0 Å². The maximum absolute atomic E-state index is 11.8. The van der Waals surface area contributed by atoms with Gasteiger partial charge in [0, 0.05) is 5.56 Å². The van der Waals surface area contributed by atoms with E-state index in [4.69, 9.17) is 4.74 Å². The van der Waals surface area contributed by atoms with Crippen LogP contribution in [0, 0.1) is 0 Å². The lowest BCUT2D eigenvalue weighted by Gasteiger charge is -2.05. The Morgan fingerprint density at radius 3 is 2.00 bits per heavy atom. The maximum atomic E-state index is 11.8. The minimum Gasteiger partial charge on any atom is -0.462 e. The van der Waals surface area contributed by atoms with Crippen LogP contribution in [0.1, 0.15) is 85.4 Å². The minimum atomic E-state index is -0.308. The second-order valence-corrected chi connectivity index (χ2v) is 5.70. The van der Waals surface area contributed by atoms with Gasteiger partial charge in [-0.25, -0.2) is 4.79 Å². The third kappa shape index (κ3) is 7.96. The first-order valence-electron chi connectivity index (χ1n) is 8.50. The number of hydrogen-bond donors (Lipinski definition) is 0. The summed E-state index contributed by atoms with van der Waals surface area (Å²) in [5.74, 6) is -0.308. The Morgan fingerprint density at radius 2 is 1.45 bits per heavy atom. The van der Waals surface area contributed by atoms with E-state index in [0.29, 0.717) is 17.7 Å². The van der Waals surface area contributed by atoms with Crippen molar-refractivity contribution in [1.29, 1.82) is 0 Å². The second-order valence-electron chi connectivity index (χ2n) is 5.70. The maximum Gasteiger partial charge on any atom is 0.338 e. The van der Waals surface area contributed by atoms with Crippen LogP contribution in [0.25, 0.3) is 0 Å². The van der Waals surface area contributed by atoms with E-state index in [0.717, 1.165) is 19.1 Å². The standard InChI is InChI=1S/C19H28O3/c1-2-3-4-5-6-7-8-9-10-15-22-19(21)18-13-11-17(16-20)12-14-18/h11-14,16H,2-10,15H2,1H3. The van der Waals surface area contributed by atoms with Gasteiger partial charge in [0.25, 0.3) is 0 Å². The molecular formula is C19H28O3. The van der Waals surface area contributed by atoms with Gasteiger partial charge in [0.1, 0.15) is 6.29 Å². The molecule has 3 nitrogen and oxygen atoms in total. The topological polar surface area (TPSA) is 43.4 Å². The molecular weight excluding hydrogens is 276 g/mol. The SMILES string of the molecule is CCCCCCCCCCCOC(=O)c1ccc(C=O)cc1. The van der Waals surface area contributed by atoms with Gasteiger partial charge in [-0.15, -0.1) is 0 Å². The number of hydrogen-bond acceptors (Lipinski definition) is 3. The molecule has 122 valence electrons. The molecule has 0 unspecified atom stereocenters. The monoisotopic (exact) mass is 304 g/mol.